The third-order valence-electron chi connectivity index (χ3n) is 26.4. The molecule has 129 heavy (non-hydrogen) atoms. The van der Waals surface area contributed by atoms with Crippen LogP contribution in [-0.4, -0.2) is 287 Å². The number of rotatable bonds is 21. The van der Waals surface area contributed by atoms with Crippen molar-refractivity contribution in [3.05, 3.63) is 212 Å². The number of fused-ring (bicyclic) bond motifs is 6. The summed E-state index contributed by atoms with van der Waals surface area (Å²) in [4.78, 5) is 116. The van der Waals surface area contributed by atoms with Crippen LogP contribution in [0.1, 0.15) is 78.0 Å². The van der Waals surface area contributed by atoms with Crippen molar-refractivity contribution >= 4 is 112 Å². The van der Waals surface area contributed by atoms with Crippen LogP contribution in [0.25, 0.3) is 46.9 Å². The van der Waals surface area contributed by atoms with E-state index in [0.29, 0.717) is 139 Å². The first-order valence-electron chi connectivity index (χ1n) is 44.0. The topological polar surface area (TPSA) is 247 Å². The molecule has 0 bridgehead atoms. The Labute approximate surface area is 762 Å². The van der Waals surface area contributed by atoms with Gasteiger partial charge in [-0.25, -0.2) is 37.9 Å². The standard InChI is InChI=1S/C32H37FN8O2.C31H34BrFN8O2.C31H34ClFN8O2/c1-21(33)31(42)41-16-15-40(18-25(41)17-34-3)30-26-11-14-39(28-9-5-7-23-10-12-35-22(2)29(23)28)19-27(26)36-32(37-30)43-20-24-8-6-13-38(24)4;1-20(33)30(42)41-15-14-40(17-23(41)16-34-2)28-24-10-13-39(29-27-21(9-11-35-29)6-4-8-25(27)32)18-26(24)36-31(37-28)43-19-22-7-5-12-38(22)3;1-20(33)30(42)41-13-12-40(17-23(41)15-34-2)29-24-9-11-39(27-16-35-14-21-6-4-8-25(32)28(21)27)18-26(24)36-31(37-29)43-19-22-7-5-10-38(22)3/h5,7,9-10,12,24-25H,1,6,8,11,13-20H2,2,4H3;4,6,8-9,11,22-23H,1,5,7,10,12-19H2,3H3;4,6,8,14,16,22-23H,1,5,7,9-13,15,17-19H2,3H3/t24-,25-;2*22-,23-/m000/s1. The summed E-state index contributed by atoms with van der Waals surface area (Å²) in [6, 6.07) is 22.8. The lowest BCUT2D eigenvalue weighted by Crippen LogP contribution is -2.57. The molecule has 6 saturated heterocycles. The van der Waals surface area contributed by atoms with Crippen molar-refractivity contribution in [2.75, 3.05) is 188 Å². The van der Waals surface area contributed by atoms with Gasteiger partial charge in [-0.15, -0.1) is 0 Å². The monoisotopic (exact) mass is 1840 g/mol. The predicted octanol–water partition coefficient (Wildman–Crippen LogP) is 12.2. The zero-order valence-corrected chi connectivity index (χ0v) is 75.5. The van der Waals surface area contributed by atoms with Crippen LogP contribution >= 0.6 is 27.5 Å². The van der Waals surface area contributed by atoms with Crippen molar-refractivity contribution in [3.8, 4) is 18.0 Å². The van der Waals surface area contributed by atoms with E-state index in [1.807, 2.05) is 74.2 Å². The summed E-state index contributed by atoms with van der Waals surface area (Å²) in [6.07, 6.45) is 16.0. The fraction of sp³-hybridized carbons (Fsp3) is 0.457. The number of pyridine rings is 3. The van der Waals surface area contributed by atoms with Gasteiger partial charge >= 0.3 is 18.0 Å². The zero-order valence-electron chi connectivity index (χ0n) is 73.2. The molecule has 18 rings (SSSR count). The average molecular weight is 1840 g/mol. The highest BCUT2D eigenvalue weighted by Crippen LogP contribution is 2.42. The molecule has 6 aromatic heterocycles. The molecule has 30 nitrogen and oxygen atoms in total. The number of nitrogens with zero attached hydrogens (tertiary/aromatic N) is 24. The SMILES string of the molecule is [C-]#[N+]C[C@H]1CN(c2nc(OC[C@@H]3CCCN3C)nc3c2CCN(c2cccc4ccnc(C)c24)C3)CCN1C(=O)C(=C)F.[C-]#[N+]C[C@H]1CN(c2nc(OC[C@@H]3CCCN3C)nc3c2CCN(c2cncc4cccc(Cl)c24)C3)CCN1C(=O)C(=C)F.[C-]#[N+]C[C@H]1CN(c2nc(OC[C@@H]3CCCN3C)nc3c2CCN(c2nccc4cccc(Br)c24)C3)CCN1C(=O)C(=C)F. The highest BCUT2D eigenvalue weighted by molar-refractivity contribution is 9.10. The van der Waals surface area contributed by atoms with Crippen LogP contribution in [0.2, 0.25) is 5.02 Å². The molecule has 0 N–H and O–H groups in total. The van der Waals surface area contributed by atoms with E-state index in [1.54, 1.807) is 0 Å². The van der Waals surface area contributed by atoms with Crippen molar-refractivity contribution in [2.24, 2.45) is 0 Å². The molecule has 0 spiro atoms. The molecule has 0 saturated carbocycles. The van der Waals surface area contributed by atoms with Crippen LogP contribution in [0, 0.1) is 26.6 Å². The summed E-state index contributed by atoms with van der Waals surface area (Å²) in [6.45, 7) is 45.8. The van der Waals surface area contributed by atoms with Gasteiger partial charge in [0.15, 0.2) is 17.5 Å². The minimum atomic E-state index is -1.02. The molecule has 3 amide bonds. The third-order valence-corrected chi connectivity index (χ3v) is 27.4. The van der Waals surface area contributed by atoms with E-state index < -0.39 is 53.3 Å². The van der Waals surface area contributed by atoms with Crippen molar-refractivity contribution in [1.82, 2.24) is 74.3 Å². The predicted molar refractivity (Wildman–Crippen MR) is 495 cm³/mol. The van der Waals surface area contributed by atoms with Gasteiger partial charge in [0, 0.05) is 169 Å². The Kier molecular flexibility index (Phi) is 28.2. The van der Waals surface area contributed by atoms with E-state index in [-0.39, 0.29) is 39.3 Å². The Morgan fingerprint density at radius 2 is 0.845 bits per heavy atom. The highest BCUT2D eigenvalue weighted by Gasteiger charge is 2.42. The van der Waals surface area contributed by atoms with Crippen molar-refractivity contribution in [3.63, 3.8) is 0 Å². The number of ether oxygens (including phenoxy) is 3. The second-order valence-corrected chi connectivity index (χ2v) is 35.6. The molecular formula is C94H105BrClF3N24O6. The molecule has 9 aromatic rings. The van der Waals surface area contributed by atoms with Crippen LogP contribution in [0.5, 0.6) is 18.0 Å². The lowest BCUT2D eigenvalue weighted by molar-refractivity contribution is -0.131. The Bertz CT molecular complexity index is 5330. The quantitative estimate of drug-likeness (QED) is 0.0479. The van der Waals surface area contributed by atoms with Gasteiger partial charge in [0.1, 0.15) is 61.2 Å². The number of carbonyl (C=O) groups excluding carboxylic acids is 3. The number of aromatic nitrogens is 9. The van der Waals surface area contributed by atoms with Gasteiger partial charge in [0.2, 0.25) is 19.6 Å². The second kappa shape index (κ2) is 40.3. The zero-order chi connectivity index (χ0) is 90.3. The summed E-state index contributed by atoms with van der Waals surface area (Å²) >= 11 is 10.4. The summed E-state index contributed by atoms with van der Waals surface area (Å²) in [7, 11) is 6.33. The fourth-order valence-corrected chi connectivity index (χ4v) is 20.3. The molecule has 6 fully saturated rings. The van der Waals surface area contributed by atoms with Gasteiger partial charge in [0.25, 0.3) is 17.7 Å². The van der Waals surface area contributed by atoms with E-state index >= 15 is 0 Å². The molecule has 0 unspecified atom stereocenters. The number of likely N-dealkylation sites (N-methyl/N-ethyl adjacent to an activating group) is 3. The van der Waals surface area contributed by atoms with Crippen LogP contribution in [0.15, 0.2) is 133 Å². The lowest BCUT2D eigenvalue weighted by Gasteiger charge is -2.41. The minimum absolute atomic E-state index is 0.0583. The molecule has 15 heterocycles. The number of carbonyl (C=O) groups is 3. The number of likely N-dealkylation sites (tertiary alicyclic amines) is 3. The normalized spacial score (nSPS) is 20.7. The molecular weight excluding hydrogens is 1730 g/mol. The van der Waals surface area contributed by atoms with Crippen molar-refractivity contribution < 1.29 is 41.8 Å². The maximum absolute atomic E-state index is 13.8. The van der Waals surface area contributed by atoms with E-state index in [9.17, 15) is 27.6 Å². The first kappa shape index (κ1) is 90.2. The smallest absolute Gasteiger partial charge is 0.318 e. The molecule has 9 aliphatic heterocycles. The molecule has 0 radical (unpaired) electrons. The Balaban J connectivity index is 0.000000142. The molecule has 9 aliphatic rings. The summed E-state index contributed by atoms with van der Waals surface area (Å²) in [5.41, 5.74) is 8.77. The molecule has 3 aromatic carbocycles. The van der Waals surface area contributed by atoms with Crippen molar-refractivity contribution in [2.45, 2.75) is 121 Å². The number of anilines is 6. The molecule has 0 aliphatic carbocycles. The Morgan fingerprint density at radius 3 is 1.27 bits per heavy atom. The van der Waals surface area contributed by atoms with Gasteiger partial charge in [-0.3, -0.25) is 24.4 Å². The second-order valence-electron chi connectivity index (χ2n) is 34.3. The number of benzene rings is 3. The van der Waals surface area contributed by atoms with Gasteiger partial charge in [-0.2, -0.15) is 29.9 Å². The van der Waals surface area contributed by atoms with E-state index in [1.165, 1.54) is 14.7 Å². The number of hydrogen-bond acceptors (Lipinski definition) is 24. The summed E-state index contributed by atoms with van der Waals surface area (Å²) in [5.74, 6) is -2.14. The van der Waals surface area contributed by atoms with Gasteiger partial charge in [-0.1, -0.05) is 83.7 Å². The lowest BCUT2D eigenvalue weighted by atomic mass is 10.0. The largest absolute Gasteiger partial charge is 0.462 e. The number of hydrogen-bond donors (Lipinski definition) is 0. The number of amides is 3. The van der Waals surface area contributed by atoms with E-state index in [4.69, 9.17) is 80.4 Å². The maximum Gasteiger partial charge on any atom is 0.318 e. The van der Waals surface area contributed by atoms with Gasteiger partial charge in [0.05, 0.1) is 53.6 Å². The highest BCUT2D eigenvalue weighted by atomic mass is 79.9. The molecule has 672 valence electrons. The Hall–Kier alpha value is -12.1. The number of aryl methyl sites for hydroxylation is 1. The third kappa shape index (κ3) is 19.7. The molecule has 6 atom stereocenters. The summed E-state index contributed by atoms with van der Waals surface area (Å²) in [5, 5.41) is 7.04. The molecule has 35 heteroatoms. The number of piperazine rings is 3. The van der Waals surface area contributed by atoms with Crippen molar-refractivity contribution in [1.29, 1.82) is 0 Å². The van der Waals surface area contributed by atoms with Crippen LogP contribution in [-0.2, 0) is 53.3 Å². The Morgan fingerprint density at radius 1 is 0.450 bits per heavy atom. The van der Waals surface area contributed by atoms with E-state index in [2.05, 4.69) is 150 Å². The van der Waals surface area contributed by atoms with Crippen LogP contribution in [0.4, 0.5) is 47.8 Å². The minimum Gasteiger partial charge on any atom is -0.462 e. The van der Waals surface area contributed by atoms with E-state index in [0.717, 1.165) is 189 Å². The van der Waals surface area contributed by atoms with Crippen LogP contribution < -0.4 is 43.6 Å². The fourth-order valence-electron chi connectivity index (χ4n) is 19.5. The van der Waals surface area contributed by atoms with Gasteiger partial charge < -0.3 is 87.5 Å². The van der Waals surface area contributed by atoms with Crippen LogP contribution in [0.3, 0.4) is 0 Å². The number of halogens is 5. The first-order valence-corrected chi connectivity index (χ1v) is 45.2. The average Bonchev–Trinajstić information content (AvgIpc) is 0.905. The first-order chi connectivity index (χ1) is 62.5. The maximum atomic E-state index is 13.8. The summed E-state index contributed by atoms with van der Waals surface area (Å²) < 4.78 is 61.1. The van der Waals surface area contributed by atoms with Gasteiger partial charge in [-0.05, 0) is 147 Å².